The third kappa shape index (κ3) is 4.15. The van der Waals surface area contributed by atoms with Gasteiger partial charge in [0.05, 0.1) is 11.5 Å². The standard InChI is InChI=1S/C18H28N2O4S/c1-6-24-18(21)19-16-8-7-9-20(11-16)25(22,23)17-14(4)12(2)10-13(3)15(17)5/h10,16H,6-9,11H2,1-5H3,(H,19,21). The van der Waals surface area contributed by atoms with E-state index in [1.54, 1.807) is 6.92 Å². The molecule has 1 saturated heterocycles. The van der Waals surface area contributed by atoms with E-state index in [2.05, 4.69) is 5.32 Å². The molecule has 0 saturated carbocycles. The summed E-state index contributed by atoms with van der Waals surface area (Å²) in [5.74, 6) is 0. The quantitative estimate of drug-likeness (QED) is 0.887. The van der Waals surface area contributed by atoms with Crippen LogP contribution in [0.5, 0.6) is 0 Å². The van der Waals surface area contributed by atoms with Crippen LogP contribution in [-0.4, -0.2) is 44.6 Å². The van der Waals surface area contributed by atoms with Crippen LogP contribution in [0.4, 0.5) is 4.79 Å². The molecule has 7 heteroatoms. The number of alkyl carbamates (subject to hydrolysis) is 1. The number of hydrogen-bond donors (Lipinski definition) is 1. The Morgan fingerprint density at radius 3 is 2.40 bits per heavy atom. The molecule has 0 spiro atoms. The van der Waals surface area contributed by atoms with Crippen molar-refractivity contribution < 1.29 is 17.9 Å². The van der Waals surface area contributed by atoms with Gasteiger partial charge in [0.25, 0.3) is 0 Å². The van der Waals surface area contributed by atoms with E-state index in [1.165, 1.54) is 4.31 Å². The van der Waals surface area contributed by atoms with Crippen molar-refractivity contribution in [2.75, 3.05) is 19.7 Å². The molecule has 0 aromatic heterocycles. The maximum absolute atomic E-state index is 13.3. The summed E-state index contributed by atoms with van der Waals surface area (Å²) in [5, 5.41) is 2.76. The van der Waals surface area contributed by atoms with Gasteiger partial charge >= 0.3 is 6.09 Å². The molecule has 2 rings (SSSR count). The summed E-state index contributed by atoms with van der Waals surface area (Å²) in [7, 11) is -3.61. The average molecular weight is 368 g/mol. The average Bonchev–Trinajstić information content (AvgIpc) is 2.53. The molecular formula is C18H28N2O4S. The minimum Gasteiger partial charge on any atom is -0.450 e. The molecule has 6 nitrogen and oxygen atoms in total. The van der Waals surface area contributed by atoms with Crippen LogP contribution < -0.4 is 5.32 Å². The normalized spacial score (nSPS) is 18.8. The number of nitrogens with zero attached hydrogens (tertiary/aromatic N) is 1. The van der Waals surface area contributed by atoms with Crippen LogP contribution in [0.15, 0.2) is 11.0 Å². The number of sulfonamides is 1. The monoisotopic (exact) mass is 368 g/mol. The van der Waals surface area contributed by atoms with Gasteiger partial charge in [0, 0.05) is 19.1 Å². The molecule has 0 radical (unpaired) electrons. The summed E-state index contributed by atoms with van der Waals surface area (Å²) in [5.41, 5.74) is 3.53. The van der Waals surface area contributed by atoms with Crippen LogP contribution in [0.2, 0.25) is 0 Å². The van der Waals surface area contributed by atoms with E-state index in [0.717, 1.165) is 28.7 Å². The summed E-state index contributed by atoms with van der Waals surface area (Å²) in [4.78, 5) is 12.0. The molecule has 1 aromatic carbocycles. The van der Waals surface area contributed by atoms with Crippen molar-refractivity contribution in [3.05, 3.63) is 28.3 Å². The maximum Gasteiger partial charge on any atom is 0.407 e. The summed E-state index contributed by atoms with van der Waals surface area (Å²) in [6.07, 6.45) is 0.958. The molecule has 1 atom stereocenters. The highest BCUT2D eigenvalue weighted by Crippen LogP contribution is 2.30. The van der Waals surface area contributed by atoms with E-state index in [9.17, 15) is 13.2 Å². The fourth-order valence-electron chi connectivity index (χ4n) is 3.31. The van der Waals surface area contributed by atoms with Crippen molar-refractivity contribution in [1.82, 2.24) is 9.62 Å². The van der Waals surface area contributed by atoms with E-state index in [0.29, 0.717) is 24.5 Å². The Morgan fingerprint density at radius 1 is 1.24 bits per heavy atom. The minimum atomic E-state index is -3.61. The number of benzene rings is 1. The van der Waals surface area contributed by atoms with Crippen LogP contribution in [0.1, 0.15) is 42.0 Å². The van der Waals surface area contributed by atoms with Gasteiger partial charge < -0.3 is 10.1 Å². The minimum absolute atomic E-state index is 0.228. The van der Waals surface area contributed by atoms with Crippen LogP contribution >= 0.6 is 0 Å². The molecule has 0 bridgehead atoms. The van der Waals surface area contributed by atoms with Gasteiger partial charge in [0.15, 0.2) is 0 Å². The Hall–Kier alpha value is -1.60. The SMILES string of the molecule is CCOC(=O)NC1CCCN(S(=O)(=O)c2c(C)c(C)cc(C)c2C)C1. The van der Waals surface area contributed by atoms with Crippen molar-refractivity contribution in [3.8, 4) is 0 Å². The number of piperidine rings is 1. The number of aryl methyl sites for hydroxylation is 2. The lowest BCUT2D eigenvalue weighted by Crippen LogP contribution is -2.49. The first-order valence-corrected chi connectivity index (χ1v) is 10.1. The number of ether oxygens (including phenoxy) is 1. The Kier molecular flexibility index (Phi) is 6.11. The van der Waals surface area contributed by atoms with Crippen molar-refractivity contribution in [1.29, 1.82) is 0 Å². The fraction of sp³-hybridized carbons (Fsp3) is 0.611. The van der Waals surface area contributed by atoms with E-state index < -0.39 is 16.1 Å². The maximum atomic E-state index is 13.3. The second-order valence-corrected chi connectivity index (χ2v) is 8.53. The zero-order chi connectivity index (χ0) is 18.8. The lowest BCUT2D eigenvalue weighted by atomic mass is 10.0. The Balaban J connectivity index is 2.30. The highest BCUT2D eigenvalue weighted by atomic mass is 32.2. The Labute approximate surface area is 150 Å². The van der Waals surface area contributed by atoms with Crippen molar-refractivity contribution >= 4 is 16.1 Å². The molecule has 1 fully saturated rings. The van der Waals surface area contributed by atoms with Gasteiger partial charge in [-0.1, -0.05) is 6.07 Å². The number of carbonyl (C=O) groups excluding carboxylic acids is 1. The number of nitrogens with one attached hydrogen (secondary N) is 1. The largest absolute Gasteiger partial charge is 0.450 e. The number of rotatable bonds is 4. The molecule has 1 N–H and O–H groups in total. The molecule has 1 aliphatic heterocycles. The lowest BCUT2D eigenvalue weighted by Gasteiger charge is -2.33. The van der Waals surface area contributed by atoms with Crippen molar-refractivity contribution in [2.45, 2.75) is 58.4 Å². The summed E-state index contributed by atoms with van der Waals surface area (Å²) in [6, 6.07) is 1.79. The Bertz CT molecular complexity index is 733. The number of hydrogen-bond acceptors (Lipinski definition) is 4. The first-order chi connectivity index (χ1) is 11.7. The number of amides is 1. The Morgan fingerprint density at radius 2 is 1.84 bits per heavy atom. The molecule has 1 heterocycles. The van der Waals surface area contributed by atoms with Crippen molar-refractivity contribution in [3.63, 3.8) is 0 Å². The molecule has 140 valence electrons. The van der Waals surface area contributed by atoms with Crippen LogP contribution in [0, 0.1) is 27.7 Å². The van der Waals surface area contributed by atoms with E-state index in [1.807, 2.05) is 33.8 Å². The molecule has 1 aliphatic rings. The predicted octanol–water partition coefficient (Wildman–Crippen LogP) is 2.82. The van der Waals surface area contributed by atoms with Gasteiger partial charge in [-0.05, 0) is 69.7 Å². The smallest absolute Gasteiger partial charge is 0.407 e. The lowest BCUT2D eigenvalue weighted by molar-refractivity contribution is 0.142. The zero-order valence-electron chi connectivity index (χ0n) is 15.7. The predicted molar refractivity (Wildman–Crippen MR) is 97.3 cm³/mol. The topological polar surface area (TPSA) is 75.7 Å². The molecule has 1 unspecified atom stereocenters. The molecule has 25 heavy (non-hydrogen) atoms. The zero-order valence-corrected chi connectivity index (χ0v) is 16.5. The van der Waals surface area contributed by atoms with Gasteiger partial charge in [-0.2, -0.15) is 4.31 Å². The van der Waals surface area contributed by atoms with Gasteiger partial charge in [0.1, 0.15) is 0 Å². The van der Waals surface area contributed by atoms with Gasteiger partial charge in [0.2, 0.25) is 10.0 Å². The molecule has 1 amide bonds. The highest BCUT2D eigenvalue weighted by Gasteiger charge is 2.33. The van der Waals surface area contributed by atoms with Crippen LogP contribution in [-0.2, 0) is 14.8 Å². The molecule has 1 aromatic rings. The van der Waals surface area contributed by atoms with Crippen molar-refractivity contribution in [2.24, 2.45) is 0 Å². The van der Waals surface area contributed by atoms with Gasteiger partial charge in [-0.3, -0.25) is 0 Å². The van der Waals surface area contributed by atoms with Gasteiger partial charge in [-0.15, -0.1) is 0 Å². The third-order valence-electron chi connectivity index (χ3n) is 4.88. The molecular weight excluding hydrogens is 340 g/mol. The second kappa shape index (κ2) is 7.74. The van der Waals surface area contributed by atoms with Gasteiger partial charge in [-0.25, -0.2) is 13.2 Å². The van der Waals surface area contributed by atoms with Crippen LogP contribution in [0.25, 0.3) is 0 Å². The van der Waals surface area contributed by atoms with Crippen LogP contribution in [0.3, 0.4) is 0 Å². The highest BCUT2D eigenvalue weighted by molar-refractivity contribution is 7.89. The van der Waals surface area contributed by atoms with E-state index in [4.69, 9.17) is 4.74 Å². The summed E-state index contributed by atoms with van der Waals surface area (Å²) in [6.45, 7) is 10.3. The number of carbonyl (C=O) groups is 1. The third-order valence-corrected chi connectivity index (χ3v) is 7.02. The first kappa shape index (κ1) is 19.7. The second-order valence-electron chi connectivity index (χ2n) is 6.66. The molecule has 0 aliphatic carbocycles. The van der Waals surface area contributed by atoms with E-state index >= 15 is 0 Å². The summed E-state index contributed by atoms with van der Waals surface area (Å²) >= 11 is 0. The fourth-order valence-corrected chi connectivity index (χ4v) is 5.41. The summed E-state index contributed by atoms with van der Waals surface area (Å²) < 4.78 is 32.9. The first-order valence-electron chi connectivity index (χ1n) is 8.69. The van der Waals surface area contributed by atoms with E-state index in [-0.39, 0.29) is 12.6 Å².